The van der Waals surface area contributed by atoms with Gasteiger partial charge in [0.2, 0.25) is 5.91 Å². The van der Waals surface area contributed by atoms with Crippen LogP contribution in [0.5, 0.6) is 0 Å². The number of ether oxygens (including phenoxy) is 1. The van der Waals surface area contributed by atoms with Crippen molar-refractivity contribution in [1.82, 2.24) is 25.3 Å². The molecular weight excluding hydrogens is 523 g/mol. The molecule has 0 aromatic rings. The predicted octanol–water partition coefficient (Wildman–Crippen LogP) is 1.97. The molecule has 2 aliphatic heterocycles. The Labute approximate surface area is 210 Å². The molecule has 0 radical (unpaired) electrons. The van der Waals surface area contributed by atoms with E-state index in [-0.39, 0.29) is 36.0 Å². The highest BCUT2D eigenvalue weighted by Gasteiger charge is 2.26. The fourth-order valence-electron chi connectivity index (χ4n) is 3.92. The van der Waals surface area contributed by atoms with Gasteiger partial charge in [0, 0.05) is 65.8 Å². The fourth-order valence-corrected chi connectivity index (χ4v) is 3.92. The SMILES string of the molecule is CCNC(=NCCN1CCN(C(=O)OC(C)(C)C)CC1)N1CCC(CC(=O)NC)CC1.I. The Hall–Kier alpha value is -1.30. The largest absolute Gasteiger partial charge is 0.444 e. The average molecular weight is 567 g/mol. The summed E-state index contributed by atoms with van der Waals surface area (Å²) < 4.78 is 5.46. The van der Waals surface area contributed by atoms with E-state index in [1.165, 1.54) is 0 Å². The molecule has 0 aliphatic carbocycles. The van der Waals surface area contributed by atoms with Crippen molar-refractivity contribution in [1.29, 1.82) is 0 Å². The van der Waals surface area contributed by atoms with E-state index in [0.29, 0.717) is 25.4 Å². The number of piperidine rings is 1. The molecular formula is C22H43IN6O3. The number of likely N-dealkylation sites (tertiary alicyclic amines) is 1. The minimum Gasteiger partial charge on any atom is -0.444 e. The van der Waals surface area contributed by atoms with E-state index in [1.54, 1.807) is 11.9 Å². The van der Waals surface area contributed by atoms with Crippen LogP contribution < -0.4 is 10.6 Å². The van der Waals surface area contributed by atoms with Gasteiger partial charge in [0.05, 0.1) is 6.54 Å². The number of carbonyl (C=O) groups excluding carboxylic acids is 2. The van der Waals surface area contributed by atoms with Crippen molar-refractivity contribution in [3.05, 3.63) is 0 Å². The summed E-state index contributed by atoms with van der Waals surface area (Å²) in [5, 5.41) is 6.13. The van der Waals surface area contributed by atoms with Crippen LogP contribution in [0.1, 0.15) is 47.0 Å². The third-order valence-electron chi connectivity index (χ3n) is 5.70. The van der Waals surface area contributed by atoms with E-state index >= 15 is 0 Å². The summed E-state index contributed by atoms with van der Waals surface area (Å²) in [4.78, 5) is 35.1. The molecule has 2 amide bonds. The Morgan fingerprint density at radius 1 is 1.03 bits per heavy atom. The van der Waals surface area contributed by atoms with Crippen LogP contribution in [0.3, 0.4) is 0 Å². The number of piperazine rings is 1. The number of hydrogen-bond donors (Lipinski definition) is 2. The van der Waals surface area contributed by atoms with Gasteiger partial charge in [0.1, 0.15) is 5.60 Å². The average Bonchev–Trinajstić information content (AvgIpc) is 2.73. The standard InChI is InChI=1S/C22H42N6O3.HI/c1-6-24-20(27-10-7-18(8-11-27)17-19(29)23-5)25-9-12-26-13-15-28(16-14-26)21(30)31-22(2,3)4;/h18H,6-17H2,1-5H3,(H,23,29)(H,24,25);1H. The van der Waals surface area contributed by atoms with Gasteiger partial charge in [-0.05, 0) is 46.5 Å². The molecule has 2 heterocycles. The molecule has 0 unspecified atom stereocenters. The number of nitrogens with zero attached hydrogens (tertiary/aromatic N) is 4. The lowest BCUT2D eigenvalue weighted by Crippen LogP contribution is -2.50. The van der Waals surface area contributed by atoms with Gasteiger partial charge in [0.15, 0.2) is 5.96 Å². The van der Waals surface area contributed by atoms with Crippen LogP contribution in [-0.4, -0.2) is 104 Å². The van der Waals surface area contributed by atoms with Gasteiger partial charge in [-0.25, -0.2) is 4.79 Å². The molecule has 2 saturated heterocycles. The molecule has 2 N–H and O–H groups in total. The number of hydrogen-bond acceptors (Lipinski definition) is 5. The van der Waals surface area contributed by atoms with E-state index in [1.807, 2.05) is 20.8 Å². The van der Waals surface area contributed by atoms with Crippen LogP contribution in [0.15, 0.2) is 4.99 Å². The number of guanidine groups is 1. The third kappa shape index (κ3) is 10.1. The monoisotopic (exact) mass is 566 g/mol. The summed E-state index contributed by atoms with van der Waals surface area (Å²) >= 11 is 0. The normalized spacial score (nSPS) is 18.7. The van der Waals surface area contributed by atoms with Crippen LogP contribution in [0, 0.1) is 5.92 Å². The lowest BCUT2D eigenvalue weighted by atomic mass is 9.93. The Kier molecular flexibility index (Phi) is 12.6. The summed E-state index contributed by atoms with van der Waals surface area (Å²) in [5.74, 6) is 1.56. The van der Waals surface area contributed by atoms with Gasteiger partial charge in [-0.15, -0.1) is 24.0 Å². The summed E-state index contributed by atoms with van der Waals surface area (Å²) in [6.07, 6.45) is 2.43. The zero-order chi connectivity index (χ0) is 22.9. The van der Waals surface area contributed by atoms with Crippen molar-refractivity contribution in [2.45, 2.75) is 52.6 Å². The lowest BCUT2D eigenvalue weighted by molar-refractivity contribution is -0.121. The Morgan fingerprint density at radius 2 is 1.66 bits per heavy atom. The lowest BCUT2D eigenvalue weighted by Gasteiger charge is -2.36. The zero-order valence-corrected chi connectivity index (χ0v) is 22.8. The van der Waals surface area contributed by atoms with Crippen molar-refractivity contribution >= 4 is 41.9 Å². The summed E-state index contributed by atoms with van der Waals surface area (Å²) in [6.45, 7) is 15.2. The van der Waals surface area contributed by atoms with Crippen LogP contribution >= 0.6 is 24.0 Å². The molecule has 0 saturated carbocycles. The van der Waals surface area contributed by atoms with Gasteiger partial charge in [0.25, 0.3) is 0 Å². The highest BCUT2D eigenvalue weighted by Crippen LogP contribution is 2.20. The topological polar surface area (TPSA) is 89.5 Å². The van der Waals surface area contributed by atoms with Gasteiger partial charge >= 0.3 is 6.09 Å². The smallest absolute Gasteiger partial charge is 0.410 e. The molecule has 0 atom stereocenters. The molecule has 32 heavy (non-hydrogen) atoms. The second kappa shape index (κ2) is 14.1. The molecule has 186 valence electrons. The van der Waals surface area contributed by atoms with E-state index in [2.05, 4.69) is 27.4 Å². The Balaban J connectivity index is 0.00000512. The number of halogens is 1. The van der Waals surface area contributed by atoms with E-state index in [9.17, 15) is 9.59 Å². The second-order valence-corrected chi connectivity index (χ2v) is 9.35. The van der Waals surface area contributed by atoms with Crippen LogP contribution in [0.4, 0.5) is 4.79 Å². The van der Waals surface area contributed by atoms with E-state index < -0.39 is 5.60 Å². The number of rotatable bonds is 6. The molecule has 0 spiro atoms. The number of amides is 2. The Morgan fingerprint density at radius 3 is 2.19 bits per heavy atom. The van der Waals surface area contributed by atoms with Crippen molar-refractivity contribution in [3.8, 4) is 0 Å². The highest BCUT2D eigenvalue weighted by molar-refractivity contribution is 14.0. The van der Waals surface area contributed by atoms with E-state index in [0.717, 1.165) is 64.6 Å². The zero-order valence-electron chi connectivity index (χ0n) is 20.5. The number of nitrogens with one attached hydrogen (secondary N) is 2. The first kappa shape index (κ1) is 28.7. The maximum absolute atomic E-state index is 12.2. The number of carbonyl (C=O) groups is 2. The quantitative estimate of drug-likeness (QED) is 0.291. The molecule has 2 fully saturated rings. The molecule has 2 aliphatic rings. The molecule has 2 rings (SSSR count). The van der Waals surface area contributed by atoms with E-state index in [4.69, 9.17) is 9.73 Å². The van der Waals surface area contributed by atoms with Crippen molar-refractivity contribution in [2.24, 2.45) is 10.9 Å². The van der Waals surface area contributed by atoms with Gasteiger partial charge in [-0.3, -0.25) is 14.7 Å². The Bertz CT molecular complexity index is 609. The van der Waals surface area contributed by atoms with Crippen LogP contribution in [0.2, 0.25) is 0 Å². The van der Waals surface area contributed by atoms with Crippen LogP contribution in [0.25, 0.3) is 0 Å². The van der Waals surface area contributed by atoms with Gasteiger partial charge < -0.3 is 25.2 Å². The minimum absolute atomic E-state index is 0. The maximum atomic E-state index is 12.2. The maximum Gasteiger partial charge on any atom is 0.410 e. The molecule has 0 aromatic carbocycles. The molecule has 10 heteroatoms. The van der Waals surface area contributed by atoms with Crippen molar-refractivity contribution in [3.63, 3.8) is 0 Å². The summed E-state index contributed by atoms with van der Waals surface area (Å²) in [6, 6.07) is 0. The van der Waals surface area contributed by atoms with Crippen LogP contribution in [-0.2, 0) is 9.53 Å². The summed E-state index contributed by atoms with van der Waals surface area (Å²) in [7, 11) is 1.70. The van der Waals surface area contributed by atoms with Gasteiger partial charge in [-0.1, -0.05) is 0 Å². The fraction of sp³-hybridized carbons (Fsp3) is 0.864. The first-order valence-electron chi connectivity index (χ1n) is 11.7. The third-order valence-corrected chi connectivity index (χ3v) is 5.70. The molecule has 9 nitrogen and oxygen atoms in total. The van der Waals surface area contributed by atoms with Gasteiger partial charge in [-0.2, -0.15) is 0 Å². The molecule has 0 aromatic heterocycles. The predicted molar refractivity (Wildman–Crippen MR) is 139 cm³/mol. The summed E-state index contributed by atoms with van der Waals surface area (Å²) in [5.41, 5.74) is -0.456. The minimum atomic E-state index is -0.456. The second-order valence-electron chi connectivity index (χ2n) is 9.35. The first-order chi connectivity index (χ1) is 14.7. The first-order valence-corrected chi connectivity index (χ1v) is 11.7. The van der Waals surface area contributed by atoms with Crippen molar-refractivity contribution in [2.75, 3.05) is 66.0 Å². The highest BCUT2D eigenvalue weighted by atomic mass is 127. The molecule has 0 bridgehead atoms. The number of aliphatic imine (C=N–C) groups is 1. The van der Waals surface area contributed by atoms with Crippen molar-refractivity contribution < 1.29 is 14.3 Å².